The van der Waals surface area contributed by atoms with E-state index in [-0.39, 0.29) is 22.9 Å². The number of anilines is 1. The lowest BCUT2D eigenvalue weighted by Crippen LogP contribution is -2.48. The molecule has 1 heterocycles. The van der Waals surface area contributed by atoms with Gasteiger partial charge in [0.05, 0.1) is 16.9 Å². The zero-order valence-corrected chi connectivity index (χ0v) is 19.1. The number of hydrogen-bond acceptors (Lipinski definition) is 6. The molecule has 7 nitrogen and oxygen atoms in total. The van der Waals surface area contributed by atoms with Crippen molar-refractivity contribution in [3.8, 4) is 0 Å². The molecule has 8 heteroatoms. The van der Waals surface area contributed by atoms with Gasteiger partial charge in [0.15, 0.2) is 0 Å². The second-order valence-corrected chi connectivity index (χ2v) is 9.36. The van der Waals surface area contributed by atoms with Crippen molar-refractivity contribution in [2.75, 3.05) is 17.2 Å². The van der Waals surface area contributed by atoms with Crippen molar-refractivity contribution in [3.63, 3.8) is 0 Å². The summed E-state index contributed by atoms with van der Waals surface area (Å²) in [4.78, 5) is 25.5. The van der Waals surface area contributed by atoms with Crippen LogP contribution in [0.1, 0.15) is 51.2 Å². The standard InChI is InChI=1S/C23H28N4O3S/c1-5-26-21-11-6-17(12-20(21)16(2)13-23(26,3)4)14-24-25-22(28)15-31-19-9-7-18(8-10-19)27(29)30/h6-12,14,16H,5,13,15H2,1-4H3,(H,25,28)/b24-14-. The highest BCUT2D eigenvalue weighted by atomic mass is 32.2. The zero-order valence-electron chi connectivity index (χ0n) is 18.3. The number of nitro benzene ring substituents is 1. The Balaban J connectivity index is 1.58. The predicted molar refractivity (Wildman–Crippen MR) is 126 cm³/mol. The number of carbonyl (C=O) groups excluding carboxylic acids is 1. The number of fused-ring (bicyclic) bond motifs is 1. The summed E-state index contributed by atoms with van der Waals surface area (Å²) in [6.07, 6.45) is 2.75. The summed E-state index contributed by atoms with van der Waals surface area (Å²) in [6, 6.07) is 12.4. The summed E-state index contributed by atoms with van der Waals surface area (Å²) < 4.78 is 0. The number of non-ortho nitro benzene ring substituents is 1. The minimum atomic E-state index is -0.446. The van der Waals surface area contributed by atoms with Crippen molar-refractivity contribution in [2.45, 2.75) is 50.5 Å². The molecule has 164 valence electrons. The van der Waals surface area contributed by atoms with Gasteiger partial charge < -0.3 is 4.90 Å². The lowest BCUT2D eigenvalue weighted by Gasteiger charge is -2.47. The molecule has 1 aliphatic rings. The topological polar surface area (TPSA) is 87.8 Å². The molecule has 1 unspecified atom stereocenters. The largest absolute Gasteiger partial charge is 0.366 e. The number of rotatable bonds is 7. The van der Waals surface area contributed by atoms with Crippen LogP contribution in [0.2, 0.25) is 0 Å². The first-order valence-corrected chi connectivity index (χ1v) is 11.3. The van der Waals surface area contributed by atoms with E-state index >= 15 is 0 Å². The van der Waals surface area contributed by atoms with Crippen LogP contribution in [0, 0.1) is 10.1 Å². The van der Waals surface area contributed by atoms with Gasteiger partial charge >= 0.3 is 0 Å². The fraction of sp³-hybridized carbons (Fsp3) is 0.391. The van der Waals surface area contributed by atoms with E-state index in [0.29, 0.717) is 5.92 Å². The van der Waals surface area contributed by atoms with Gasteiger partial charge in [-0.25, -0.2) is 5.43 Å². The minimum Gasteiger partial charge on any atom is -0.366 e. The van der Waals surface area contributed by atoms with Crippen molar-refractivity contribution in [2.24, 2.45) is 5.10 Å². The molecular weight excluding hydrogens is 412 g/mol. The van der Waals surface area contributed by atoms with Crippen LogP contribution in [0.5, 0.6) is 0 Å². The Hall–Kier alpha value is -2.87. The van der Waals surface area contributed by atoms with E-state index in [9.17, 15) is 14.9 Å². The molecule has 1 amide bonds. The molecule has 0 bridgehead atoms. The van der Waals surface area contributed by atoms with Gasteiger partial charge in [0.25, 0.3) is 5.69 Å². The first kappa shape index (κ1) is 22.8. The molecule has 0 spiro atoms. The highest BCUT2D eigenvalue weighted by Crippen LogP contribution is 2.43. The maximum atomic E-state index is 12.1. The fourth-order valence-electron chi connectivity index (χ4n) is 4.21. The van der Waals surface area contributed by atoms with E-state index in [4.69, 9.17) is 0 Å². The molecule has 0 aliphatic carbocycles. The molecule has 2 aromatic rings. The van der Waals surface area contributed by atoms with Crippen LogP contribution in [0.25, 0.3) is 0 Å². The van der Waals surface area contributed by atoms with E-state index in [0.717, 1.165) is 23.4 Å². The van der Waals surface area contributed by atoms with Crippen LogP contribution in [-0.2, 0) is 4.79 Å². The number of benzene rings is 2. The molecular formula is C23H28N4O3S. The number of carbonyl (C=O) groups is 1. The summed E-state index contributed by atoms with van der Waals surface area (Å²) in [5.41, 5.74) is 6.24. The van der Waals surface area contributed by atoms with Crippen molar-refractivity contribution in [1.82, 2.24) is 5.43 Å². The molecule has 0 fully saturated rings. The number of hydrazone groups is 1. The lowest BCUT2D eigenvalue weighted by molar-refractivity contribution is -0.384. The molecule has 0 saturated heterocycles. The van der Waals surface area contributed by atoms with Crippen LogP contribution in [-0.4, -0.2) is 34.9 Å². The maximum Gasteiger partial charge on any atom is 0.269 e. The van der Waals surface area contributed by atoms with Gasteiger partial charge in [0, 0.05) is 34.8 Å². The monoisotopic (exact) mass is 440 g/mol. The molecule has 1 aliphatic heterocycles. The number of nitrogens with one attached hydrogen (secondary N) is 1. The van der Waals surface area contributed by atoms with E-state index in [1.54, 1.807) is 18.3 Å². The van der Waals surface area contributed by atoms with Crippen LogP contribution in [0.3, 0.4) is 0 Å². The van der Waals surface area contributed by atoms with Crippen molar-refractivity contribution in [3.05, 3.63) is 63.7 Å². The third-order valence-corrected chi connectivity index (χ3v) is 6.56. The summed E-state index contributed by atoms with van der Waals surface area (Å²) in [6.45, 7) is 9.97. The molecule has 31 heavy (non-hydrogen) atoms. The number of amides is 1. The van der Waals surface area contributed by atoms with Crippen molar-refractivity contribution in [1.29, 1.82) is 0 Å². The molecule has 1 N–H and O–H groups in total. The smallest absolute Gasteiger partial charge is 0.269 e. The molecule has 1 atom stereocenters. The third kappa shape index (κ3) is 5.44. The van der Waals surface area contributed by atoms with Crippen molar-refractivity contribution < 1.29 is 9.72 Å². The Morgan fingerprint density at radius 2 is 2.03 bits per heavy atom. The Morgan fingerprint density at radius 1 is 1.32 bits per heavy atom. The van der Waals surface area contributed by atoms with Gasteiger partial charge in [-0.15, -0.1) is 11.8 Å². The zero-order chi connectivity index (χ0) is 22.6. The van der Waals surface area contributed by atoms with Crippen LogP contribution < -0.4 is 10.3 Å². The summed E-state index contributed by atoms with van der Waals surface area (Å²) in [5, 5.41) is 14.8. The highest BCUT2D eigenvalue weighted by Gasteiger charge is 2.35. The number of nitro groups is 1. The van der Waals surface area contributed by atoms with Gasteiger partial charge in [0.2, 0.25) is 5.91 Å². The fourth-order valence-corrected chi connectivity index (χ4v) is 4.90. The Kier molecular flexibility index (Phi) is 7.00. The Labute approximate surface area is 187 Å². The quantitative estimate of drug-likeness (QED) is 0.285. The second kappa shape index (κ2) is 9.51. The molecule has 3 rings (SSSR count). The summed E-state index contributed by atoms with van der Waals surface area (Å²) in [5.74, 6) is 0.398. The molecule has 0 saturated carbocycles. The van der Waals surface area contributed by atoms with Crippen molar-refractivity contribution >= 4 is 35.3 Å². The second-order valence-electron chi connectivity index (χ2n) is 8.31. The van der Waals surface area contributed by atoms with Crippen LogP contribution in [0.15, 0.2) is 52.5 Å². The van der Waals surface area contributed by atoms with E-state index in [1.807, 2.05) is 6.07 Å². The number of hydrogen-bond donors (Lipinski definition) is 1. The molecule has 0 aromatic heterocycles. The van der Waals surface area contributed by atoms with E-state index in [2.05, 4.69) is 55.3 Å². The third-order valence-electron chi connectivity index (χ3n) is 5.55. The first-order chi connectivity index (χ1) is 14.7. The Morgan fingerprint density at radius 3 is 2.68 bits per heavy atom. The minimum absolute atomic E-state index is 0.0309. The normalized spacial score (nSPS) is 17.4. The Bertz CT molecular complexity index is 989. The average Bonchev–Trinajstić information content (AvgIpc) is 2.72. The van der Waals surface area contributed by atoms with Gasteiger partial charge in [0.1, 0.15) is 0 Å². The van der Waals surface area contributed by atoms with Crippen LogP contribution >= 0.6 is 11.8 Å². The predicted octanol–water partition coefficient (Wildman–Crippen LogP) is 4.95. The van der Waals surface area contributed by atoms with Gasteiger partial charge in [-0.1, -0.05) is 13.0 Å². The van der Waals surface area contributed by atoms with Gasteiger partial charge in [-0.05, 0) is 68.5 Å². The number of thioether (sulfide) groups is 1. The lowest BCUT2D eigenvalue weighted by atomic mass is 9.79. The SMILES string of the molecule is CCN1c2ccc(/C=N\NC(=O)CSc3ccc([N+](=O)[O-])cc3)cc2C(C)CC1(C)C. The molecule has 0 radical (unpaired) electrons. The van der Waals surface area contributed by atoms with E-state index in [1.165, 1.54) is 35.1 Å². The van der Waals surface area contributed by atoms with E-state index < -0.39 is 4.92 Å². The summed E-state index contributed by atoms with van der Waals surface area (Å²) >= 11 is 1.30. The first-order valence-electron chi connectivity index (χ1n) is 10.3. The van der Waals surface area contributed by atoms with Gasteiger partial charge in [-0.3, -0.25) is 14.9 Å². The molecule has 2 aromatic carbocycles. The number of nitrogens with zero attached hydrogens (tertiary/aromatic N) is 3. The van der Waals surface area contributed by atoms with Crippen LogP contribution in [0.4, 0.5) is 11.4 Å². The highest BCUT2D eigenvalue weighted by molar-refractivity contribution is 8.00. The van der Waals surface area contributed by atoms with Gasteiger partial charge in [-0.2, -0.15) is 5.10 Å². The maximum absolute atomic E-state index is 12.1. The summed E-state index contributed by atoms with van der Waals surface area (Å²) in [7, 11) is 0. The average molecular weight is 441 g/mol.